The lowest BCUT2D eigenvalue weighted by atomic mass is 9.96. The maximum atomic E-state index is 14.0. The molecule has 1 amide bonds. The van der Waals surface area contributed by atoms with E-state index in [1.54, 1.807) is 0 Å². The van der Waals surface area contributed by atoms with E-state index in [0.29, 0.717) is 21.7 Å². The van der Waals surface area contributed by atoms with Crippen molar-refractivity contribution in [1.82, 2.24) is 9.97 Å². The van der Waals surface area contributed by atoms with Crippen molar-refractivity contribution in [3.05, 3.63) is 12.0 Å². The fourth-order valence-corrected chi connectivity index (χ4v) is 4.02. The predicted molar refractivity (Wildman–Crippen MR) is 99.1 cm³/mol. The Morgan fingerprint density at radius 3 is 2.60 bits per heavy atom. The molecule has 4 rings (SSSR count). The Balaban J connectivity index is 0.000000880. The third kappa shape index (κ3) is 4.07. The van der Waals surface area contributed by atoms with Gasteiger partial charge < -0.3 is 10.6 Å². The van der Waals surface area contributed by atoms with Crippen LogP contribution in [0.4, 0.5) is 15.3 Å². The molecular formula is C18H21FN4OS. The summed E-state index contributed by atoms with van der Waals surface area (Å²) in [6.45, 7) is 0. The van der Waals surface area contributed by atoms with Gasteiger partial charge in [-0.15, -0.1) is 12.8 Å². The molecule has 2 N–H and O–H groups in total. The molecule has 25 heavy (non-hydrogen) atoms. The first kappa shape index (κ1) is 17.6. The molecule has 0 aromatic carbocycles. The number of amides is 1. The Bertz CT molecular complexity index is 778. The number of rotatable bonds is 4. The third-order valence-corrected chi connectivity index (χ3v) is 5.49. The average molecular weight is 360 g/mol. The summed E-state index contributed by atoms with van der Waals surface area (Å²) >= 11 is 1.37. The first-order valence-corrected chi connectivity index (χ1v) is 9.38. The molecule has 132 valence electrons. The fourth-order valence-electron chi connectivity index (χ4n) is 3.02. The topological polar surface area (TPSA) is 66.9 Å². The van der Waals surface area contributed by atoms with Gasteiger partial charge in [-0.25, -0.2) is 14.4 Å². The summed E-state index contributed by atoms with van der Waals surface area (Å²) in [7, 11) is 0. The molecule has 0 unspecified atom stereocenters. The SMILES string of the molecule is C#C.O=C(Nc1ncc(F)c2nc(NC3CCCCC3)sc12)C1CC1. The van der Waals surface area contributed by atoms with Crippen molar-refractivity contribution in [2.45, 2.75) is 51.0 Å². The molecule has 0 atom stereocenters. The zero-order valence-electron chi connectivity index (χ0n) is 13.9. The molecule has 7 heteroatoms. The molecule has 2 aromatic heterocycles. The van der Waals surface area contributed by atoms with Gasteiger partial charge in [0.15, 0.2) is 16.8 Å². The Morgan fingerprint density at radius 1 is 1.20 bits per heavy atom. The monoisotopic (exact) mass is 360 g/mol. The van der Waals surface area contributed by atoms with Crippen LogP contribution in [-0.2, 0) is 4.79 Å². The van der Waals surface area contributed by atoms with Crippen molar-refractivity contribution in [2.24, 2.45) is 5.92 Å². The van der Waals surface area contributed by atoms with Gasteiger partial charge in [0.2, 0.25) is 5.91 Å². The molecule has 5 nitrogen and oxygen atoms in total. The second-order valence-corrected chi connectivity index (χ2v) is 7.39. The van der Waals surface area contributed by atoms with Gasteiger partial charge in [0.1, 0.15) is 10.2 Å². The number of thiazole rings is 1. The fraction of sp³-hybridized carbons (Fsp3) is 0.500. The minimum absolute atomic E-state index is 0.0272. The quantitative estimate of drug-likeness (QED) is 0.803. The van der Waals surface area contributed by atoms with E-state index in [9.17, 15) is 9.18 Å². The number of nitrogens with zero attached hydrogens (tertiary/aromatic N) is 2. The normalized spacial score (nSPS) is 17.6. The number of aromatic nitrogens is 2. The molecule has 2 heterocycles. The van der Waals surface area contributed by atoms with Crippen LogP contribution in [0.2, 0.25) is 0 Å². The van der Waals surface area contributed by atoms with E-state index >= 15 is 0 Å². The molecule has 0 saturated heterocycles. The number of terminal acetylenes is 1. The van der Waals surface area contributed by atoms with E-state index in [1.807, 2.05) is 0 Å². The smallest absolute Gasteiger partial charge is 0.228 e. The van der Waals surface area contributed by atoms with E-state index in [0.717, 1.165) is 31.9 Å². The van der Waals surface area contributed by atoms with Crippen LogP contribution in [0.3, 0.4) is 0 Å². The van der Waals surface area contributed by atoms with Gasteiger partial charge in [-0.3, -0.25) is 4.79 Å². The number of halogens is 1. The van der Waals surface area contributed by atoms with Gasteiger partial charge in [-0.1, -0.05) is 30.6 Å². The second-order valence-electron chi connectivity index (χ2n) is 6.39. The number of fused-ring (bicyclic) bond motifs is 1. The summed E-state index contributed by atoms with van der Waals surface area (Å²) in [6.07, 6.45) is 17.0. The van der Waals surface area contributed by atoms with Crippen molar-refractivity contribution in [2.75, 3.05) is 10.6 Å². The highest BCUT2D eigenvalue weighted by Crippen LogP contribution is 2.35. The molecule has 0 radical (unpaired) electrons. The molecule has 2 aliphatic rings. The van der Waals surface area contributed by atoms with Crippen molar-refractivity contribution < 1.29 is 9.18 Å². The molecule has 0 aliphatic heterocycles. The van der Waals surface area contributed by atoms with Gasteiger partial charge in [0.25, 0.3) is 0 Å². The first-order valence-electron chi connectivity index (χ1n) is 8.56. The molecular weight excluding hydrogens is 339 g/mol. The van der Waals surface area contributed by atoms with Gasteiger partial charge in [-0.2, -0.15) is 0 Å². The number of anilines is 2. The maximum Gasteiger partial charge on any atom is 0.228 e. The van der Waals surface area contributed by atoms with E-state index < -0.39 is 5.82 Å². The van der Waals surface area contributed by atoms with Crippen LogP contribution in [-0.4, -0.2) is 21.9 Å². The standard InChI is InChI=1S/C16H19FN4OS.C2H2/c17-11-8-18-14(21-15(22)9-6-7-9)13-12(11)20-16(23-13)19-10-4-2-1-3-5-10;1-2/h8-10H,1-7H2,(H,19,20)(H,18,21,22);1-2H. The lowest BCUT2D eigenvalue weighted by Crippen LogP contribution is -2.21. The van der Waals surface area contributed by atoms with Crippen molar-refractivity contribution >= 4 is 38.4 Å². The summed E-state index contributed by atoms with van der Waals surface area (Å²) in [6, 6.07) is 0.407. The Hall–Kier alpha value is -2.20. The van der Waals surface area contributed by atoms with Crippen LogP contribution < -0.4 is 10.6 Å². The van der Waals surface area contributed by atoms with E-state index in [-0.39, 0.29) is 17.3 Å². The third-order valence-electron chi connectivity index (χ3n) is 4.50. The highest BCUT2D eigenvalue weighted by Gasteiger charge is 2.30. The van der Waals surface area contributed by atoms with E-state index in [1.165, 1.54) is 30.6 Å². The van der Waals surface area contributed by atoms with Crippen LogP contribution in [0.25, 0.3) is 10.2 Å². The van der Waals surface area contributed by atoms with Crippen LogP contribution in [0, 0.1) is 24.6 Å². The van der Waals surface area contributed by atoms with Crippen molar-refractivity contribution in [3.8, 4) is 12.8 Å². The minimum atomic E-state index is -0.447. The number of nitrogens with one attached hydrogen (secondary N) is 2. The summed E-state index contributed by atoms with van der Waals surface area (Å²) in [5.74, 6) is 0.0371. The number of hydrogen-bond donors (Lipinski definition) is 2. The van der Waals surface area contributed by atoms with Gasteiger partial charge in [0, 0.05) is 12.0 Å². The van der Waals surface area contributed by atoms with Crippen LogP contribution in [0.15, 0.2) is 6.20 Å². The summed E-state index contributed by atoms with van der Waals surface area (Å²) < 4.78 is 14.6. The molecule has 0 bridgehead atoms. The van der Waals surface area contributed by atoms with Crippen LogP contribution in [0.1, 0.15) is 44.9 Å². The maximum absolute atomic E-state index is 14.0. The highest BCUT2D eigenvalue weighted by molar-refractivity contribution is 7.22. The van der Waals surface area contributed by atoms with E-state index in [4.69, 9.17) is 0 Å². The molecule has 2 saturated carbocycles. The lowest BCUT2D eigenvalue weighted by Gasteiger charge is -2.22. The molecule has 2 aromatic rings. The number of carbonyl (C=O) groups excluding carboxylic acids is 1. The second kappa shape index (κ2) is 7.79. The number of carbonyl (C=O) groups is 1. The molecule has 2 fully saturated rings. The minimum Gasteiger partial charge on any atom is -0.359 e. The molecule has 0 spiro atoms. The van der Waals surface area contributed by atoms with Crippen molar-refractivity contribution in [1.29, 1.82) is 0 Å². The van der Waals surface area contributed by atoms with Gasteiger partial charge >= 0.3 is 0 Å². The number of pyridine rings is 1. The number of hydrogen-bond acceptors (Lipinski definition) is 5. The highest BCUT2D eigenvalue weighted by atomic mass is 32.1. The zero-order chi connectivity index (χ0) is 17.8. The summed E-state index contributed by atoms with van der Waals surface area (Å²) in [5.41, 5.74) is 0.286. The lowest BCUT2D eigenvalue weighted by molar-refractivity contribution is -0.117. The first-order chi connectivity index (χ1) is 12.2. The Labute approximate surface area is 150 Å². The largest absolute Gasteiger partial charge is 0.359 e. The van der Waals surface area contributed by atoms with Crippen LogP contribution in [0.5, 0.6) is 0 Å². The van der Waals surface area contributed by atoms with Gasteiger partial charge in [-0.05, 0) is 25.7 Å². The predicted octanol–water partition coefficient (Wildman–Crippen LogP) is 4.17. The van der Waals surface area contributed by atoms with Crippen molar-refractivity contribution in [3.63, 3.8) is 0 Å². The average Bonchev–Trinajstić information content (AvgIpc) is 3.41. The zero-order valence-corrected chi connectivity index (χ0v) is 14.7. The van der Waals surface area contributed by atoms with E-state index in [2.05, 4.69) is 33.4 Å². The van der Waals surface area contributed by atoms with Crippen LogP contribution >= 0.6 is 11.3 Å². The molecule has 2 aliphatic carbocycles. The van der Waals surface area contributed by atoms with Gasteiger partial charge in [0.05, 0.1) is 6.20 Å². The Morgan fingerprint density at radius 2 is 1.92 bits per heavy atom. The summed E-state index contributed by atoms with van der Waals surface area (Å²) in [5, 5.41) is 6.94. The Kier molecular flexibility index (Phi) is 5.49. The summed E-state index contributed by atoms with van der Waals surface area (Å²) in [4.78, 5) is 20.4.